The van der Waals surface area contributed by atoms with E-state index in [9.17, 15) is 0 Å². The Balaban J connectivity index is 2.21. The summed E-state index contributed by atoms with van der Waals surface area (Å²) in [5.41, 5.74) is 8.66. The standard InChI is InChI=1S/C10H9N3OS/c11-10-8(12-15-13-10)7-3-1-2-6-4-5-14-9(6)7/h1-3H,4-5H2,(H2,11,13). The van der Waals surface area contributed by atoms with E-state index >= 15 is 0 Å². The minimum atomic E-state index is 0.476. The molecular weight excluding hydrogens is 210 g/mol. The maximum absolute atomic E-state index is 5.75. The number of anilines is 1. The number of benzene rings is 1. The normalized spacial score (nSPS) is 13.6. The van der Waals surface area contributed by atoms with Crippen LogP contribution in [0.3, 0.4) is 0 Å². The zero-order chi connectivity index (χ0) is 10.3. The van der Waals surface area contributed by atoms with E-state index in [0.29, 0.717) is 5.82 Å². The monoisotopic (exact) mass is 219 g/mol. The molecule has 15 heavy (non-hydrogen) atoms. The van der Waals surface area contributed by atoms with Crippen LogP contribution in [0.15, 0.2) is 18.2 Å². The number of nitrogens with two attached hydrogens (primary N) is 1. The number of nitrogens with zero attached hydrogens (tertiary/aromatic N) is 2. The summed E-state index contributed by atoms with van der Waals surface area (Å²) < 4.78 is 13.8. The van der Waals surface area contributed by atoms with E-state index in [1.807, 2.05) is 12.1 Å². The van der Waals surface area contributed by atoms with Crippen LogP contribution in [0.1, 0.15) is 5.56 Å². The van der Waals surface area contributed by atoms with Gasteiger partial charge in [-0.3, -0.25) is 0 Å². The maximum atomic E-state index is 5.75. The molecule has 0 aliphatic carbocycles. The molecule has 0 bridgehead atoms. The third kappa shape index (κ3) is 1.27. The highest BCUT2D eigenvalue weighted by molar-refractivity contribution is 6.99. The molecule has 4 nitrogen and oxygen atoms in total. The smallest absolute Gasteiger partial charge is 0.165 e. The van der Waals surface area contributed by atoms with Gasteiger partial charge >= 0.3 is 0 Å². The van der Waals surface area contributed by atoms with Gasteiger partial charge in [0, 0.05) is 12.0 Å². The Bertz CT molecular complexity index is 509. The third-order valence-corrected chi connectivity index (χ3v) is 3.03. The predicted molar refractivity (Wildman–Crippen MR) is 59.0 cm³/mol. The van der Waals surface area contributed by atoms with Crippen molar-refractivity contribution in [1.82, 2.24) is 8.75 Å². The number of hydrogen-bond donors (Lipinski definition) is 1. The van der Waals surface area contributed by atoms with Crippen LogP contribution in [0, 0.1) is 0 Å². The lowest BCUT2D eigenvalue weighted by Crippen LogP contribution is -1.92. The van der Waals surface area contributed by atoms with Gasteiger partial charge in [-0.05, 0) is 11.6 Å². The van der Waals surface area contributed by atoms with Crippen LogP contribution < -0.4 is 10.5 Å². The first-order chi connectivity index (χ1) is 7.36. The average molecular weight is 219 g/mol. The fraction of sp³-hybridized carbons (Fsp3) is 0.200. The summed E-state index contributed by atoms with van der Waals surface area (Å²) in [6.07, 6.45) is 0.959. The van der Waals surface area contributed by atoms with Crippen molar-refractivity contribution in [3.63, 3.8) is 0 Å². The summed E-state index contributed by atoms with van der Waals surface area (Å²) in [5.74, 6) is 1.39. The van der Waals surface area contributed by atoms with E-state index in [4.69, 9.17) is 10.5 Å². The third-order valence-electron chi connectivity index (χ3n) is 2.48. The molecule has 2 heterocycles. The molecule has 1 aromatic heterocycles. The molecule has 1 aliphatic rings. The maximum Gasteiger partial charge on any atom is 0.165 e. The summed E-state index contributed by atoms with van der Waals surface area (Å²) in [6, 6.07) is 6.04. The molecule has 2 N–H and O–H groups in total. The van der Waals surface area contributed by atoms with Gasteiger partial charge in [-0.15, -0.1) is 0 Å². The van der Waals surface area contributed by atoms with Gasteiger partial charge < -0.3 is 10.5 Å². The van der Waals surface area contributed by atoms with E-state index in [1.54, 1.807) is 0 Å². The molecule has 0 saturated carbocycles. The summed E-state index contributed by atoms with van der Waals surface area (Å²) >= 11 is 1.13. The first-order valence-electron chi connectivity index (χ1n) is 4.69. The van der Waals surface area contributed by atoms with Crippen LogP contribution in [0.25, 0.3) is 11.3 Å². The predicted octanol–water partition coefficient (Wildman–Crippen LogP) is 1.72. The van der Waals surface area contributed by atoms with Gasteiger partial charge in [-0.2, -0.15) is 8.75 Å². The number of para-hydroxylation sites is 1. The Morgan fingerprint density at radius 3 is 3.07 bits per heavy atom. The molecule has 1 aromatic carbocycles. The van der Waals surface area contributed by atoms with E-state index in [2.05, 4.69) is 14.8 Å². The van der Waals surface area contributed by atoms with Crippen molar-refractivity contribution in [1.29, 1.82) is 0 Å². The van der Waals surface area contributed by atoms with Gasteiger partial charge in [-0.1, -0.05) is 12.1 Å². The molecule has 0 spiro atoms. The van der Waals surface area contributed by atoms with E-state index < -0.39 is 0 Å². The lowest BCUT2D eigenvalue weighted by atomic mass is 10.1. The van der Waals surface area contributed by atoms with Crippen molar-refractivity contribution >= 4 is 17.5 Å². The quantitative estimate of drug-likeness (QED) is 0.793. The number of aromatic nitrogens is 2. The van der Waals surface area contributed by atoms with E-state index in [-0.39, 0.29) is 0 Å². The van der Waals surface area contributed by atoms with Gasteiger partial charge in [-0.25, -0.2) is 0 Å². The molecule has 0 atom stereocenters. The SMILES string of the molecule is Nc1nsnc1-c1cccc2c1OCC2. The second-order valence-corrected chi connectivity index (χ2v) is 3.92. The summed E-state index contributed by atoms with van der Waals surface area (Å²) in [7, 11) is 0. The number of hydrogen-bond acceptors (Lipinski definition) is 5. The lowest BCUT2D eigenvalue weighted by Gasteiger charge is -2.05. The van der Waals surface area contributed by atoms with E-state index in [0.717, 1.165) is 41.8 Å². The molecule has 0 unspecified atom stereocenters. The molecule has 76 valence electrons. The lowest BCUT2D eigenvalue weighted by molar-refractivity contribution is 0.358. The van der Waals surface area contributed by atoms with Crippen molar-refractivity contribution in [2.75, 3.05) is 12.3 Å². The van der Waals surface area contributed by atoms with Crippen LogP contribution in [-0.2, 0) is 6.42 Å². The van der Waals surface area contributed by atoms with Gasteiger partial charge in [0.25, 0.3) is 0 Å². The highest BCUT2D eigenvalue weighted by Gasteiger charge is 2.19. The van der Waals surface area contributed by atoms with Crippen molar-refractivity contribution in [3.8, 4) is 17.0 Å². The molecule has 1 aliphatic heterocycles. The van der Waals surface area contributed by atoms with Crippen LogP contribution in [0.2, 0.25) is 0 Å². The summed E-state index contributed by atoms with van der Waals surface area (Å²) in [5, 5.41) is 0. The fourth-order valence-corrected chi connectivity index (χ4v) is 2.27. The Kier molecular flexibility index (Phi) is 1.85. The van der Waals surface area contributed by atoms with Gasteiger partial charge in [0.1, 0.15) is 11.4 Å². The average Bonchev–Trinajstić information content (AvgIpc) is 2.85. The Morgan fingerprint density at radius 2 is 2.27 bits per heavy atom. The second-order valence-electron chi connectivity index (χ2n) is 3.39. The van der Waals surface area contributed by atoms with Crippen molar-refractivity contribution < 1.29 is 4.74 Å². The van der Waals surface area contributed by atoms with E-state index in [1.165, 1.54) is 5.56 Å². The zero-order valence-electron chi connectivity index (χ0n) is 7.93. The highest BCUT2D eigenvalue weighted by atomic mass is 32.1. The van der Waals surface area contributed by atoms with Crippen molar-refractivity contribution in [3.05, 3.63) is 23.8 Å². The number of rotatable bonds is 1. The molecule has 5 heteroatoms. The topological polar surface area (TPSA) is 61.0 Å². The molecule has 3 rings (SSSR count). The Hall–Kier alpha value is -1.62. The number of fused-ring (bicyclic) bond motifs is 1. The molecule has 0 radical (unpaired) electrons. The van der Waals surface area contributed by atoms with Crippen LogP contribution in [0.4, 0.5) is 5.82 Å². The molecule has 0 saturated heterocycles. The largest absolute Gasteiger partial charge is 0.492 e. The molecule has 0 amide bonds. The van der Waals surface area contributed by atoms with Gasteiger partial charge in [0.15, 0.2) is 5.82 Å². The molecule has 2 aromatic rings. The Morgan fingerprint density at radius 1 is 1.33 bits per heavy atom. The van der Waals surface area contributed by atoms with Gasteiger partial charge in [0.05, 0.1) is 18.3 Å². The highest BCUT2D eigenvalue weighted by Crippen LogP contribution is 2.37. The Labute approximate surface area is 91.0 Å². The van der Waals surface area contributed by atoms with Crippen LogP contribution >= 0.6 is 11.7 Å². The van der Waals surface area contributed by atoms with Crippen molar-refractivity contribution in [2.45, 2.75) is 6.42 Å². The minimum absolute atomic E-state index is 0.476. The minimum Gasteiger partial charge on any atom is -0.492 e. The molecular formula is C10H9N3OS. The first kappa shape index (κ1) is 8.67. The fourth-order valence-electron chi connectivity index (χ4n) is 1.78. The van der Waals surface area contributed by atoms with Crippen LogP contribution in [0.5, 0.6) is 5.75 Å². The van der Waals surface area contributed by atoms with Gasteiger partial charge in [0.2, 0.25) is 0 Å². The van der Waals surface area contributed by atoms with Crippen LogP contribution in [-0.4, -0.2) is 15.4 Å². The van der Waals surface area contributed by atoms with Crippen molar-refractivity contribution in [2.24, 2.45) is 0 Å². The first-order valence-corrected chi connectivity index (χ1v) is 5.42. The number of ether oxygens (including phenoxy) is 1. The molecule has 0 fully saturated rings. The summed E-state index contributed by atoms with van der Waals surface area (Å²) in [4.78, 5) is 0. The number of nitrogen functional groups attached to an aromatic ring is 1. The summed E-state index contributed by atoms with van der Waals surface area (Å²) in [6.45, 7) is 0.740. The zero-order valence-corrected chi connectivity index (χ0v) is 8.75. The second kappa shape index (κ2) is 3.20.